The highest BCUT2D eigenvalue weighted by molar-refractivity contribution is 6.03. The molecule has 196 valence electrons. The normalized spacial score (nSPS) is 18.1. The summed E-state index contributed by atoms with van der Waals surface area (Å²) in [6, 6.07) is 5.90. The van der Waals surface area contributed by atoms with Gasteiger partial charge in [0.15, 0.2) is 0 Å². The first-order chi connectivity index (χ1) is 18.0. The van der Waals surface area contributed by atoms with E-state index in [9.17, 15) is 9.70 Å². The number of carbonyl (C=O) groups is 1. The Morgan fingerprint density at radius 2 is 1.95 bits per heavy atom. The molecule has 7 nitrogen and oxygen atoms in total. The molecule has 2 aliphatic rings. The maximum absolute atomic E-state index is 13.6. The lowest BCUT2D eigenvalue weighted by atomic mass is 9.92. The number of unbranched alkanes of at least 4 members (excludes halogenated alkanes) is 4. The van der Waals surface area contributed by atoms with Gasteiger partial charge in [-0.05, 0) is 42.1 Å². The van der Waals surface area contributed by atoms with Crippen molar-refractivity contribution in [2.75, 3.05) is 26.3 Å². The zero-order valence-electron chi connectivity index (χ0n) is 22.1. The van der Waals surface area contributed by atoms with Gasteiger partial charge in [0.05, 0.1) is 24.4 Å². The summed E-state index contributed by atoms with van der Waals surface area (Å²) < 4.78 is 7.56. The zero-order valence-corrected chi connectivity index (χ0v) is 22.1. The number of ether oxygens (including phenoxy) is 1. The molecule has 0 atom stereocenters. The fraction of sp³-hybridized carbons (Fsp3) is 0.433. The lowest BCUT2D eigenvalue weighted by Crippen LogP contribution is -2.41. The second-order valence-electron chi connectivity index (χ2n) is 9.76. The minimum absolute atomic E-state index is 0.0185. The van der Waals surface area contributed by atoms with Crippen molar-refractivity contribution < 1.29 is 9.53 Å². The molecule has 1 aromatic carbocycles. The maximum atomic E-state index is 13.6. The minimum atomic E-state index is 0.0185. The number of nitrogens with zero attached hydrogens (tertiary/aromatic N) is 3. The molecule has 0 unspecified atom stereocenters. The number of aromatic nitrogens is 1. The van der Waals surface area contributed by atoms with Gasteiger partial charge in [-0.2, -0.15) is 0 Å². The van der Waals surface area contributed by atoms with Crippen LogP contribution in [0.25, 0.3) is 28.4 Å². The SMILES string of the molecule is C=C(N=O)c1ccc2c(CCCCCCC)c3n(c2c1)C=C(C(=O)N1CCOCC1)CC(=C/C)/C3=C\N. The van der Waals surface area contributed by atoms with E-state index in [0.29, 0.717) is 43.9 Å². The number of nitroso groups, excluding NO2 is 1. The molecule has 1 saturated heterocycles. The summed E-state index contributed by atoms with van der Waals surface area (Å²) in [5.41, 5.74) is 13.0. The second-order valence-corrected chi connectivity index (χ2v) is 9.76. The van der Waals surface area contributed by atoms with Crippen LogP contribution in [0.3, 0.4) is 0 Å². The lowest BCUT2D eigenvalue weighted by molar-refractivity contribution is -0.131. The number of aryl methyl sites for hydroxylation is 1. The maximum Gasteiger partial charge on any atom is 0.251 e. The third-order valence-corrected chi connectivity index (χ3v) is 7.44. The van der Waals surface area contributed by atoms with E-state index in [4.69, 9.17) is 10.5 Å². The van der Waals surface area contributed by atoms with Crippen LogP contribution in [-0.4, -0.2) is 41.7 Å². The quantitative estimate of drug-likeness (QED) is 0.325. The van der Waals surface area contributed by atoms with Gasteiger partial charge in [-0.3, -0.25) is 4.79 Å². The van der Waals surface area contributed by atoms with Crippen molar-refractivity contribution in [1.29, 1.82) is 0 Å². The highest BCUT2D eigenvalue weighted by Crippen LogP contribution is 2.41. The van der Waals surface area contributed by atoms with Gasteiger partial charge in [0.25, 0.3) is 5.91 Å². The van der Waals surface area contributed by atoms with Crippen molar-refractivity contribution in [3.05, 3.63) is 69.9 Å². The van der Waals surface area contributed by atoms with Gasteiger partial charge in [-0.25, -0.2) is 0 Å². The number of hydrogen-bond donors (Lipinski definition) is 1. The molecule has 0 aliphatic carbocycles. The predicted octanol–water partition coefficient (Wildman–Crippen LogP) is 6.24. The standard InChI is InChI=1S/C30H38N4O3/c1-4-6-7-8-9-10-26-25-12-11-23(21(3)32-36)18-28(25)34-20-24(30(35)33-13-15-37-16-14-33)17-22(5-2)27(19-31)29(26)34/h5,11-12,18-20H,3-4,6-10,13-17,31H2,1-2H3/b22-5-,27-19+. The fourth-order valence-electron chi connectivity index (χ4n) is 5.39. The summed E-state index contributed by atoms with van der Waals surface area (Å²) >= 11 is 0. The number of nitrogens with two attached hydrogens (primary N) is 1. The Labute approximate surface area is 219 Å². The number of rotatable bonds is 9. The summed E-state index contributed by atoms with van der Waals surface area (Å²) in [4.78, 5) is 26.8. The van der Waals surface area contributed by atoms with Crippen molar-refractivity contribution in [3.8, 4) is 0 Å². The van der Waals surface area contributed by atoms with Gasteiger partial charge in [0.2, 0.25) is 0 Å². The molecule has 0 radical (unpaired) electrons. The summed E-state index contributed by atoms with van der Waals surface area (Å²) in [5.74, 6) is 0.0185. The van der Waals surface area contributed by atoms with Crippen LogP contribution < -0.4 is 5.73 Å². The molecule has 1 amide bonds. The van der Waals surface area contributed by atoms with Gasteiger partial charge in [0.1, 0.15) is 5.70 Å². The van der Waals surface area contributed by atoms with Crippen molar-refractivity contribution >= 4 is 34.3 Å². The summed E-state index contributed by atoms with van der Waals surface area (Å²) in [6.07, 6.45) is 13.0. The van der Waals surface area contributed by atoms with Gasteiger partial charge in [-0.1, -0.05) is 57.4 Å². The second kappa shape index (κ2) is 12.2. The van der Waals surface area contributed by atoms with Crippen molar-refractivity contribution in [1.82, 2.24) is 9.47 Å². The summed E-state index contributed by atoms with van der Waals surface area (Å²) in [7, 11) is 0. The minimum Gasteiger partial charge on any atom is -0.404 e. The number of amides is 1. The van der Waals surface area contributed by atoms with Crippen molar-refractivity contribution in [2.24, 2.45) is 10.9 Å². The van der Waals surface area contributed by atoms with Crippen LogP contribution in [0.1, 0.15) is 69.2 Å². The van der Waals surface area contributed by atoms with Gasteiger partial charge in [-0.15, -0.1) is 4.91 Å². The van der Waals surface area contributed by atoms with E-state index < -0.39 is 0 Å². The Bertz CT molecular complexity index is 1280. The molecule has 2 aromatic rings. The Morgan fingerprint density at radius 3 is 2.62 bits per heavy atom. The molecular weight excluding hydrogens is 464 g/mol. The number of morpholine rings is 1. The molecular formula is C30H38N4O3. The van der Waals surface area contributed by atoms with Crippen LogP contribution in [-0.2, 0) is 16.0 Å². The Balaban J connectivity index is 1.90. The molecule has 7 heteroatoms. The first-order valence-corrected chi connectivity index (χ1v) is 13.4. The molecule has 37 heavy (non-hydrogen) atoms. The van der Waals surface area contributed by atoms with E-state index >= 15 is 0 Å². The first kappa shape index (κ1) is 26.6. The van der Waals surface area contributed by atoms with Crippen molar-refractivity contribution in [3.63, 3.8) is 0 Å². The van der Waals surface area contributed by atoms with Gasteiger partial charge < -0.3 is 19.9 Å². The Hall–Kier alpha value is -3.45. The molecule has 2 aliphatic heterocycles. The Morgan fingerprint density at radius 1 is 1.19 bits per heavy atom. The van der Waals surface area contributed by atoms with Crippen LogP contribution in [0.2, 0.25) is 0 Å². The molecule has 0 bridgehead atoms. The summed E-state index contributed by atoms with van der Waals surface area (Å²) in [6.45, 7) is 10.3. The molecule has 2 N–H and O–H groups in total. The third-order valence-electron chi connectivity index (χ3n) is 7.44. The molecule has 3 heterocycles. The number of carbonyl (C=O) groups excluding carboxylic acids is 1. The molecule has 0 saturated carbocycles. The van der Waals surface area contributed by atoms with Crippen LogP contribution in [0.5, 0.6) is 0 Å². The molecule has 1 fully saturated rings. The smallest absolute Gasteiger partial charge is 0.251 e. The number of benzene rings is 1. The Kier molecular flexibility index (Phi) is 8.77. The van der Waals surface area contributed by atoms with E-state index in [1.54, 1.807) is 6.20 Å². The van der Waals surface area contributed by atoms with Gasteiger partial charge >= 0.3 is 0 Å². The molecule has 0 spiro atoms. The number of allylic oxidation sites excluding steroid dienone is 3. The van der Waals surface area contributed by atoms with Crippen LogP contribution in [0.15, 0.2) is 53.4 Å². The van der Waals surface area contributed by atoms with Crippen LogP contribution >= 0.6 is 0 Å². The molecule has 4 rings (SSSR count). The number of hydrogen-bond acceptors (Lipinski definition) is 5. The largest absolute Gasteiger partial charge is 0.404 e. The molecule has 1 aromatic heterocycles. The van der Waals surface area contributed by atoms with E-state index in [1.807, 2.05) is 36.2 Å². The van der Waals surface area contributed by atoms with E-state index in [-0.39, 0.29) is 11.6 Å². The van der Waals surface area contributed by atoms with Crippen molar-refractivity contribution in [2.45, 2.75) is 58.8 Å². The van der Waals surface area contributed by atoms with E-state index in [0.717, 1.165) is 40.6 Å². The fourth-order valence-corrected chi connectivity index (χ4v) is 5.39. The van der Waals surface area contributed by atoms with Crippen LogP contribution in [0.4, 0.5) is 0 Å². The summed E-state index contributed by atoms with van der Waals surface area (Å²) in [5, 5.41) is 4.16. The van der Waals surface area contributed by atoms with E-state index in [1.165, 1.54) is 31.2 Å². The first-order valence-electron chi connectivity index (χ1n) is 13.4. The van der Waals surface area contributed by atoms with E-state index in [2.05, 4.69) is 29.3 Å². The zero-order chi connectivity index (χ0) is 26.4. The lowest BCUT2D eigenvalue weighted by Gasteiger charge is -2.27. The highest BCUT2D eigenvalue weighted by atomic mass is 16.5. The average Bonchev–Trinajstić information content (AvgIpc) is 3.12. The number of fused-ring (bicyclic) bond motifs is 3. The monoisotopic (exact) mass is 502 g/mol. The predicted molar refractivity (Wildman–Crippen MR) is 151 cm³/mol. The topological polar surface area (TPSA) is 89.9 Å². The third kappa shape index (κ3) is 5.47. The highest BCUT2D eigenvalue weighted by Gasteiger charge is 2.29. The average molecular weight is 503 g/mol. The van der Waals surface area contributed by atoms with Crippen LogP contribution in [0, 0.1) is 4.91 Å². The van der Waals surface area contributed by atoms with Gasteiger partial charge in [0, 0.05) is 54.0 Å².